The van der Waals surface area contributed by atoms with Crippen LogP contribution in [0, 0.1) is 11.3 Å². The summed E-state index contributed by atoms with van der Waals surface area (Å²) >= 11 is 0. The molecule has 0 bridgehead atoms. The topological polar surface area (TPSA) is 64.6 Å². The Morgan fingerprint density at radius 2 is 1.85 bits per heavy atom. The Kier molecular flexibility index (Phi) is 7.79. The number of esters is 1. The average Bonchev–Trinajstić information content (AvgIpc) is 2.38. The van der Waals surface area contributed by atoms with E-state index in [0.29, 0.717) is 12.4 Å². The maximum Gasteiger partial charge on any atom is 0.311 e. The highest BCUT2D eigenvalue weighted by atomic mass is 16.5. The first kappa shape index (κ1) is 18.9. The SMILES string of the molecule is CC(C)(C)OC=O.COC(=O)C(C)(C)C1CCCNC1. The molecule has 0 amide bonds. The van der Waals surface area contributed by atoms with Crippen LogP contribution in [0.25, 0.3) is 0 Å². The highest BCUT2D eigenvalue weighted by molar-refractivity contribution is 5.76. The average molecular weight is 287 g/mol. The second-order valence-electron chi connectivity index (χ2n) is 6.58. The second-order valence-corrected chi connectivity index (χ2v) is 6.58. The van der Waals surface area contributed by atoms with Crippen LogP contribution in [0.15, 0.2) is 0 Å². The van der Waals surface area contributed by atoms with Crippen LogP contribution in [0.2, 0.25) is 0 Å². The van der Waals surface area contributed by atoms with Crippen LogP contribution in [0.4, 0.5) is 0 Å². The van der Waals surface area contributed by atoms with Crippen LogP contribution in [-0.2, 0) is 19.1 Å². The molecule has 1 aliphatic rings. The van der Waals surface area contributed by atoms with Crippen LogP contribution in [-0.4, -0.2) is 38.2 Å². The maximum absolute atomic E-state index is 11.5. The molecule has 1 atom stereocenters. The standard InChI is InChI=1S/C10H19NO2.C5H10O2/c1-10(2,9(12)13-3)8-5-4-6-11-7-8;1-5(2,3)7-4-6/h8,11H,4-7H2,1-3H3;4H,1-3H3. The molecule has 118 valence electrons. The number of carbonyl (C=O) groups is 2. The van der Waals surface area contributed by atoms with Gasteiger partial charge in [0.05, 0.1) is 12.5 Å². The van der Waals surface area contributed by atoms with Crippen LogP contribution in [0.3, 0.4) is 0 Å². The molecule has 5 heteroatoms. The smallest absolute Gasteiger partial charge is 0.311 e. The molecular formula is C15H29NO4. The number of nitrogens with one attached hydrogen (secondary N) is 1. The lowest BCUT2D eigenvalue weighted by molar-refractivity contribution is -0.154. The molecule has 0 aromatic rings. The lowest BCUT2D eigenvalue weighted by atomic mass is 9.75. The minimum Gasteiger partial charge on any atom is -0.469 e. The van der Waals surface area contributed by atoms with Gasteiger partial charge in [-0.3, -0.25) is 9.59 Å². The fraction of sp³-hybridized carbons (Fsp3) is 0.867. The van der Waals surface area contributed by atoms with Crippen molar-refractivity contribution in [2.24, 2.45) is 11.3 Å². The van der Waals surface area contributed by atoms with Gasteiger partial charge in [-0.15, -0.1) is 0 Å². The maximum atomic E-state index is 11.5. The summed E-state index contributed by atoms with van der Waals surface area (Å²) in [6, 6.07) is 0. The molecule has 5 nitrogen and oxygen atoms in total. The van der Waals surface area contributed by atoms with Gasteiger partial charge in [0.2, 0.25) is 0 Å². The molecule has 1 fully saturated rings. The Morgan fingerprint density at radius 3 is 2.15 bits per heavy atom. The van der Waals surface area contributed by atoms with E-state index in [2.05, 4.69) is 10.1 Å². The van der Waals surface area contributed by atoms with Gasteiger partial charge in [0.25, 0.3) is 6.47 Å². The van der Waals surface area contributed by atoms with Gasteiger partial charge in [0.15, 0.2) is 0 Å². The minimum atomic E-state index is -0.345. The van der Waals surface area contributed by atoms with Crippen molar-refractivity contribution in [2.75, 3.05) is 20.2 Å². The quantitative estimate of drug-likeness (QED) is 0.636. The zero-order valence-corrected chi connectivity index (χ0v) is 13.6. The van der Waals surface area contributed by atoms with Gasteiger partial charge >= 0.3 is 5.97 Å². The van der Waals surface area contributed by atoms with Gasteiger partial charge in [-0.25, -0.2) is 0 Å². The fourth-order valence-corrected chi connectivity index (χ4v) is 2.04. The van der Waals surface area contributed by atoms with E-state index in [4.69, 9.17) is 4.74 Å². The highest BCUT2D eigenvalue weighted by Crippen LogP contribution is 2.32. The first-order chi connectivity index (χ1) is 9.15. The van der Waals surface area contributed by atoms with Gasteiger partial charge in [0, 0.05) is 0 Å². The summed E-state index contributed by atoms with van der Waals surface area (Å²) in [4.78, 5) is 21.1. The van der Waals surface area contributed by atoms with Gasteiger partial charge in [-0.1, -0.05) is 0 Å². The lowest BCUT2D eigenvalue weighted by Crippen LogP contribution is -2.43. The number of methoxy groups -OCH3 is 1. The number of hydrogen-bond acceptors (Lipinski definition) is 5. The van der Waals surface area contributed by atoms with Crippen molar-refractivity contribution in [1.82, 2.24) is 5.32 Å². The third-order valence-electron chi connectivity index (χ3n) is 3.43. The molecule has 1 saturated heterocycles. The van der Waals surface area contributed by atoms with Gasteiger partial charge in [-0.05, 0) is 66.5 Å². The summed E-state index contributed by atoms with van der Waals surface area (Å²) in [6.45, 7) is 11.9. The Hall–Kier alpha value is -1.10. The number of ether oxygens (including phenoxy) is 2. The van der Waals surface area contributed by atoms with Gasteiger partial charge in [0.1, 0.15) is 5.60 Å². The Bertz CT molecular complexity index is 301. The highest BCUT2D eigenvalue weighted by Gasteiger charge is 2.38. The Morgan fingerprint density at radius 1 is 1.25 bits per heavy atom. The molecule has 1 N–H and O–H groups in total. The third-order valence-corrected chi connectivity index (χ3v) is 3.43. The number of rotatable bonds is 3. The van der Waals surface area contributed by atoms with Crippen molar-refractivity contribution in [3.8, 4) is 0 Å². The normalized spacial score (nSPS) is 19.4. The molecule has 1 aliphatic heterocycles. The van der Waals surface area contributed by atoms with Crippen LogP contribution < -0.4 is 5.32 Å². The van der Waals surface area contributed by atoms with E-state index in [0.717, 1.165) is 25.9 Å². The van der Waals surface area contributed by atoms with E-state index in [1.165, 1.54) is 7.11 Å². The lowest BCUT2D eigenvalue weighted by Gasteiger charge is -2.34. The molecule has 20 heavy (non-hydrogen) atoms. The van der Waals surface area contributed by atoms with Crippen LogP contribution >= 0.6 is 0 Å². The van der Waals surface area contributed by atoms with E-state index in [1.54, 1.807) is 0 Å². The van der Waals surface area contributed by atoms with Crippen molar-refractivity contribution < 1.29 is 19.1 Å². The number of carbonyl (C=O) groups excluding carboxylic acids is 2. The summed E-state index contributed by atoms with van der Waals surface area (Å²) in [6.07, 6.45) is 2.28. The molecule has 1 heterocycles. The van der Waals surface area contributed by atoms with Crippen LogP contribution in [0.5, 0.6) is 0 Å². The zero-order valence-electron chi connectivity index (χ0n) is 13.6. The van der Waals surface area contributed by atoms with E-state index < -0.39 is 0 Å². The van der Waals surface area contributed by atoms with Crippen molar-refractivity contribution >= 4 is 12.4 Å². The van der Waals surface area contributed by atoms with Crippen molar-refractivity contribution in [3.63, 3.8) is 0 Å². The molecule has 0 aromatic carbocycles. The second kappa shape index (κ2) is 8.25. The predicted molar refractivity (Wildman–Crippen MR) is 78.3 cm³/mol. The summed E-state index contributed by atoms with van der Waals surface area (Å²) in [5.41, 5.74) is -0.663. The van der Waals surface area contributed by atoms with Crippen molar-refractivity contribution in [1.29, 1.82) is 0 Å². The predicted octanol–water partition coefficient (Wildman–Crippen LogP) is 2.14. The molecule has 0 spiro atoms. The summed E-state index contributed by atoms with van der Waals surface area (Å²) in [5.74, 6) is 0.315. The van der Waals surface area contributed by atoms with Gasteiger partial charge in [-0.2, -0.15) is 0 Å². The molecule has 1 rings (SSSR count). The van der Waals surface area contributed by atoms with Crippen molar-refractivity contribution in [2.45, 2.75) is 53.1 Å². The zero-order chi connectivity index (χ0) is 15.8. The van der Waals surface area contributed by atoms with E-state index >= 15 is 0 Å². The first-order valence-electron chi connectivity index (χ1n) is 7.05. The van der Waals surface area contributed by atoms with E-state index in [-0.39, 0.29) is 17.0 Å². The first-order valence-corrected chi connectivity index (χ1v) is 7.05. The molecular weight excluding hydrogens is 258 g/mol. The molecule has 0 saturated carbocycles. The Balaban J connectivity index is 0.000000441. The number of piperidine rings is 1. The van der Waals surface area contributed by atoms with E-state index in [9.17, 15) is 9.59 Å². The third kappa shape index (κ3) is 6.89. The summed E-state index contributed by atoms with van der Waals surface area (Å²) in [5, 5.41) is 3.31. The van der Waals surface area contributed by atoms with Gasteiger partial charge < -0.3 is 14.8 Å². The largest absolute Gasteiger partial charge is 0.469 e. The summed E-state index contributed by atoms with van der Waals surface area (Å²) < 4.78 is 9.35. The minimum absolute atomic E-state index is 0.0961. The molecule has 1 unspecified atom stereocenters. The molecule has 0 aromatic heterocycles. The van der Waals surface area contributed by atoms with E-state index in [1.807, 2.05) is 34.6 Å². The fourth-order valence-electron chi connectivity index (χ4n) is 2.04. The Labute approximate surface area is 122 Å². The summed E-state index contributed by atoms with van der Waals surface area (Å²) in [7, 11) is 1.46. The monoisotopic (exact) mass is 287 g/mol. The van der Waals surface area contributed by atoms with Crippen LogP contribution in [0.1, 0.15) is 47.5 Å². The molecule has 0 radical (unpaired) electrons. The molecule has 0 aliphatic carbocycles. The van der Waals surface area contributed by atoms with Crippen molar-refractivity contribution in [3.05, 3.63) is 0 Å². The number of hydrogen-bond donors (Lipinski definition) is 1.